The minimum Gasteiger partial charge on any atom is -0.312 e. The number of halogens is 1. The highest BCUT2D eigenvalue weighted by atomic mass is 35.5. The van der Waals surface area contributed by atoms with E-state index in [1.165, 1.54) is 0 Å². The molecule has 1 rings (SSSR count). The van der Waals surface area contributed by atoms with Crippen LogP contribution in [0.1, 0.15) is 12.1 Å². The summed E-state index contributed by atoms with van der Waals surface area (Å²) in [5, 5.41) is 0. The molecule has 4 heteroatoms. The molecule has 3 nitrogen and oxygen atoms in total. The van der Waals surface area contributed by atoms with Gasteiger partial charge in [-0.3, -0.25) is 9.78 Å². The highest BCUT2D eigenvalue weighted by Crippen LogP contribution is 1.90. The fraction of sp³-hybridized carbons (Fsp3) is 0.500. The minimum atomic E-state index is -0.0254. The van der Waals surface area contributed by atoms with E-state index in [9.17, 15) is 4.79 Å². The molecule has 0 atom stereocenters. The van der Waals surface area contributed by atoms with Crippen LogP contribution in [0.3, 0.4) is 0 Å². The molecule has 0 aliphatic rings. The van der Waals surface area contributed by atoms with Crippen molar-refractivity contribution in [3.05, 3.63) is 28.4 Å². The van der Waals surface area contributed by atoms with Crippen molar-refractivity contribution >= 4 is 11.6 Å². The SMILES string of the molecule is Cc1nccn(CCCCl)c1=O. The smallest absolute Gasteiger partial charge is 0.271 e. The number of hydrogen-bond acceptors (Lipinski definition) is 2. The van der Waals surface area contributed by atoms with Gasteiger partial charge in [0.25, 0.3) is 5.56 Å². The van der Waals surface area contributed by atoms with Crippen LogP contribution in [-0.4, -0.2) is 15.4 Å². The van der Waals surface area contributed by atoms with Crippen molar-refractivity contribution in [2.45, 2.75) is 19.9 Å². The van der Waals surface area contributed by atoms with Crippen LogP contribution in [0.2, 0.25) is 0 Å². The van der Waals surface area contributed by atoms with Gasteiger partial charge in [-0.05, 0) is 13.3 Å². The predicted molar refractivity (Wildman–Crippen MR) is 48.6 cm³/mol. The van der Waals surface area contributed by atoms with Gasteiger partial charge in [0.05, 0.1) is 0 Å². The summed E-state index contributed by atoms with van der Waals surface area (Å²) < 4.78 is 1.63. The van der Waals surface area contributed by atoms with Gasteiger partial charge >= 0.3 is 0 Å². The average Bonchev–Trinajstić information content (AvgIpc) is 2.08. The molecular weight excluding hydrogens is 176 g/mol. The van der Waals surface area contributed by atoms with Crippen LogP contribution in [0, 0.1) is 6.92 Å². The summed E-state index contributed by atoms with van der Waals surface area (Å²) in [7, 11) is 0. The molecule has 0 fully saturated rings. The molecule has 12 heavy (non-hydrogen) atoms. The molecule has 0 N–H and O–H groups in total. The molecule has 0 amide bonds. The zero-order chi connectivity index (χ0) is 8.97. The standard InChI is InChI=1S/C8H11ClN2O/c1-7-8(12)11(5-2-3-9)6-4-10-7/h4,6H,2-3,5H2,1H3. The molecule has 0 aliphatic carbocycles. The third-order valence-electron chi connectivity index (χ3n) is 1.62. The van der Waals surface area contributed by atoms with E-state index in [4.69, 9.17) is 11.6 Å². The van der Waals surface area contributed by atoms with Crippen LogP contribution < -0.4 is 5.56 Å². The molecule has 0 bridgehead atoms. The topological polar surface area (TPSA) is 34.9 Å². The second-order valence-electron chi connectivity index (χ2n) is 2.55. The van der Waals surface area contributed by atoms with Gasteiger partial charge < -0.3 is 4.57 Å². The molecule has 0 unspecified atom stereocenters. The predicted octanol–water partition coefficient (Wildman–Crippen LogP) is 1.18. The molecule has 0 saturated heterocycles. The second-order valence-corrected chi connectivity index (χ2v) is 2.93. The summed E-state index contributed by atoms with van der Waals surface area (Å²) in [6.45, 7) is 2.38. The summed E-state index contributed by atoms with van der Waals surface area (Å²) in [5.41, 5.74) is 0.509. The van der Waals surface area contributed by atoms with Crippen LogP contribution in [0.4, 0.5) is 0 Å². The van der Waals surface area contributed by atoms with Gasteiger partial charge in [-0.15, -0.1) is 11.6 Å². The number of rotatable bonds is 3. The van der Waals surface area contributed by atoms with Crippen molar-refractivity contribution in [3.8, 4) is 0 Å². The summed E-state index contributed by atoms with van der Waals surface area (Å²) in [5.74, 6) is 0.577. The normalized spacial score (nSPS) is 10.2. The van der Waals surface area contributed by atoms with Crippen molar-refractivity contribution in [3.63, 3.8) is 0 Å². The molecule has 0 radical (unpaired) electrons. The van der Waals surface area contributed by atoms with Gasteiger partial charge in [-0.1, -0.05) is 0 Å². The maximum Gasteiger partial charge on any atom is 0.271 e. The third kappa shape index (κ3) is 2.08. The molecule has 1 heterocycles. The Morgan fingerprint density at radius 2 is 2.42 bits per heavy atom. The number of nitrogens with zero attached hydrogens (tertiary/aromatic N) is 2. The zero-order valence-electron chi connectivity index (χ0n) is 6.96. The molecular formula is C8H11ClN2O. The Hall–Kier alpha value is -0.830. The van der Waals surface area contributed by atoms with E-state index in [-0.39, 0.29) is 5.56 Å². The van der Waals surface area contributed by atoms with E-state index >= 15 is 0 Å². The summed E-state index contributed by atoms with van der Waals surface area (Å²) >= 11 is 5.51. The van der Waals surface area contributed by atoms with E-state index in [1.807, 2.05) is 0 Å². The summed E-state index contributed by atoms with van der Waals surface area (Å²) in [6.07, 6.45) is 4.12. The first-order valence-corrected chi connectivity index (χ1v) is 4.37. The van der Waals surface area contributed by atoms with Crippen LogP contribution in [0.5, 0.6) is 0 Å². The van der Waals surface area contributed by atoms with Gasteiger partial charge in [-0.25, -0.2) is 0 Å². The van der Waals surface area contributed by atoms with E-state index in [0.717, 1.165) is 6.42 Å². The monoisotopic (exact) mass is 186 g/mol. The lowest BCUT2D eigenvalue weighted by Gasteiger charge is -2.02. The second kappa shape index (κ2) is 4.26. The molecule has 0 spiro atoms. The van der Waals surface area contributed by atoms with Gasteiger partial charge in [0.15, 0.2) is 0 Å². The Morgan fingerprint density at radius 3 is 3.08 bits per heavy atom. The Morgan fingerprint density at radius 1 is 1.67 bits per heavy atom. The fourth-order valence-corrected chi connectivity index (χ4v) is 1.08. The van der Waals surface area contributed by atoms with Crippen molar-refractivity contribution < 1.29 is 0 Å². The average molecular weight is 187 g/mol. The number of aromatic nitrogens is 2. The van der Waals surface area contributed by atoms with E-state index in [0.29, 0.717) is 18.1 Å². The first-order valence-electron chi connectivity index (χ1n) is 3.83. The fourth-order valence-electron chi connectivity index (χ4n) is 0.963. The maximum atomic E-state index is 11.3. The lowest BCUT2D eigenvalue weighted by Crippen LogP contribution is -2.22. The number of alkyl halides is 1. The molecule has 66 valence electrons. The van der Waals surface area contributed by atoms with Gasteiger partial charge in [0, 0.05) is 24.8 Å². The Bertz CT molecular complexity index is 308. The third-order valence-corrected chi connectivity index (χ3v) is 1.89. The zero-order valence-corrected chi connectivity index (χ0v) is 7.71. The Labute approximate surface area is 76.0 Å². The quantitative estimate of drug-likeness (QED) is 0.665. The summed E-state index contributed by atoms with van der Waals surface area (Å²) in [4.78, 5) is 15.2. The minimum absolute atomic E-state index is 0.0254. The van der Waals surface area contributed by atoms with Crippen LogP contribution >= 0.6 is 11.6 Å². The molecule has 0 aliphatic heterocycles. The number of hydrogen-bond donors (Lipinski definition) is 0. The van der Waals surface area contributed by atoms with Crippen LogP contribution in [0.15, 0.2) is 17.2 Å². The highest BCUT2D eigenvalue weighted by Gasteiger charge is 1.97. The Balaban J connectivity index is 2.85. The molecule has 0 aromatic carbocycles. The van der Waals surface area contributed by atoms with E-state index in [2.05, 4.69) is 4.98 Å². The maximum absolute atomic E-state index is 11.3. The van der Waals surface area contributed by atoms with Gasteiger partial charge in [0.1, 0.15) is 5.69 Å². The number of aryl methyl sites for hydroxylation is 2. The first kappa shape index (κ1) is 9.26. The van der Waals surface area contributed by atoms with Crippen molar-refractivity contribution in [1.29, 1.82) is 0 Å². The van der Waals surface area contributed by atoms with Crippen LogP contribution in [0.25, 0.3) is 0 Å². The van der Waals surface area contributed by atoms with Gasteiger partial charge in [-0.2, -0.15) is 0 Å². The van der Waals surface area contributed by atoms with Crippen molar-refractivity contribution in [2.24, 2.45) is 0 Å². The largest absolute Gasteiger partial charge is 0.312 e. The molecule has 1 aromatic heterocycles. The lowest BCUT2D eigenvalue weighted by molar-refractivity contribution is 0.645. The van der Waals surface area contributed by atoms with Crippen LogP contribution in [-0.2, 0) is 6.54 Å². The van der Waals surface area contributed by atoms with Gasteiger partial charge in [0.2, 0.25) is 0 Å². The highest BCUT2D eigenvalue weighted by molar-refractivity contribution is 6.17. The van der Waals surface area contributed by atoms with E-state index < -0.39 is 0 Å². The Kier molecular flexibility index (Phi) is 3.29. The van der Waals surface area contributed by atoms with Crippen molar-refractivity contribution in [1.82, 2.24) is 9.55 Å². The van der Waals surface area contributed by atoms with E-state index in [1.54, 1.807) is 23.9 Å². The molecule has 1 aromatic rings. The lowest BCUT2D eigenvalue weighted by atomic mass is 10.4. The summed E-state index contributed by atoms with van der Waals surface area (Å²) in [6, 6.07) is 0. The molecule has 0 saturated carbocycles. The first-order chi connectivity index (χ1) is 5.75. The van der Waals surface area contributed by atoms with Crippen molar-refractivity contribution in [2.75, 3.05) is 5.88 Å².